The maximum Gasteiger partial charge on any atom is 0.230 e. The Balaban J connectivity index is 3.03. The molecule has 0 aliphatic heterocycles. The Morgan fingerprint density at radius 3 is 2.50 bits per heavy atom. The average molecular weight is 222 g/mol. The zero-order chi connectivity index (χ0) is 5.98. The summed E-state index contributed by atoms with van der Waals surface area (Å²) >= 11 is 2.01. The van der Waals surface area contributed by atoms with E-state index in [0.29, 0.717) is 0 Å². The summed E-state index contributed by atoms with van der Waals surface area (Å²) in [5.41, 5.74) is 0. The fourth-order valence-corrected chi connectivity index (χ4v) is 0.597. The predicted molar refractivity (Wildman–Crippen MR) is 36.4 cm³/mol. The molecule has 1 aromatic heterocycles. The fraction of sp³-hybridized carbons (Fsp3) is 0. The highest BCUT2D eigenvalue weighted by molar-refractivity contribution is 14.1. The zero-order valence-corrected chi connectivity index (χ0v) is 6.03. The van der Waals surface area contributed by atoms with Gasteiger partial charge in [-0.1, -0.05) is 0 Å². The molecule has 0 spiro atoms. The Bertz CT molecular complexity index is 153. The van der Waals surface area contributed by atoms with Gasteiger partial charge < -0.3 is 5.11 Å². The minimum absolute atomic E-state index is 0.0367. The monoisotopic (exact) mass is 222 g/mol. The molecule has 0 radical (unpaired) electrons. The molecule has 0 saturated heterocycles. The lowest BCUT2D eigenvalue weighted by Gasteiger charge is -1.85. The van der Waals surface area contributed by atoms with Crippen LogP contribution in [-0.4, -0.2) is 15.3 Å². The summed E-state index contributed by atoms with van der Waals surface area (Å²) in [6, 6.07) is 3.18. The van der Waals surface area contributed by atoms with Crippen LogP contribution in [0.5, 0.6) is 5.88 Å². The number of aromatic hydroxyl groups is 1. The van der Waals surface area contributed by atoms with Crippen LogP contribution in [0.3, 0.4) is 0 Å². The molecule has 0 amide bonds. The summed E-state index contributed by atoms with van der Waals surface area (Å²) in [7, 11) is 0. The van der Waals surface area contributed by atoms with Crippen molar-refractivity contribution in [3.05, 3.63) is 15.8 Å². The smallest absolute Gasteiger partial charge is 0.230 e. The third-order valence-corrected chi connectivity index (χ3v) is 1.19. The van der Waals surface area contributed by atoms with Gasteiger partial charge in [0.25, 0.3) is 0 Å². The molecule has 0 aliphatic rings. The van der Waals surface area contributed by atoms with Gasteiger partial charge in [0.2, 0.25) is 5.88 Å². The van der Waals surface area contributed by atoms with E-state index in [4.69, 9.17) is 5.11 Å². The van der Waals surface area contributed by atoms with Gasteiger partial charge in [0.15, 0.2) is 0 Å². The Labute approximate surface area is 59.9 Å². The second-order valence-corrected chi connectivity index (χ2v) is 2.32. The lowest BCUT2D eigenvalue weighted by atomic mass is 10.6. The summed E-state index contributed by atoms with van der Waals surface area (Å²) in [4.78, 5) is 0. The van der Waals surface area contributed by atoms with Crippen molar-refractivity contribution in [2.45, 2.75) is 0 Å². The first kappa shape index (κ1) is 5.74. The third kappa shape index (κ3) is 1.29. The number of hydrogen-bond acceptors (Lipinski definition) is 3. The highest BCUT2D eigenvalue weighted by Crippen LogP contribution is 2.02. The molecular formula is C4H3IN2O. The van der Waals surface area contributed by atoms with Crippen LogP contribution >= 0.6 is 22.6 Å². The van der Waals surface area contributed by atoms with Gasteiger partial charge in [-0.2, -0.15) is 0 Å². The molecule has 42 valence electrons. The summed E-state index contributed by atoms with van der Waals surface area (Å²) in [5.74, 6) is -0.0367. The molecule has 1 heterocycles. The van der Waals surface area contributed by atoms with E-state index < -0.39 is 0 Å². The SMILES string of the molecule is Oc1ccc(I)nn1. The van der Waals surface area contributed by atoms with E-state index in [2.05, 4.69) is 10.2 Å². The highest BCUT2D eigenvalue weighted by Gasteiger charge is 1.86. The summed E-state index contributed by atoms with van der Waals surface area (Å²) < 4.78 is 0.778. The van der Waals surface area contributed by atoms with E-state index in [9.17, 15) is 0 Å². The van der Waals surface area contributed by atoms with Gasteiger partial charge in [-0.3, -0.25) is 0 Å². The Morgan fingerprint density at radius 1 is 1.38 bits per heavy atom. The minimum Gasteiger partial charge on any atom is -0.492 e. The van der Waals surface area contributed by atoms with Gasteiger partial charge in [0.1, 0.15) is 3.70 Å². The largest absolute Gasteiger partial charge is 0.492 e. The molecule has 1 aromatic rings. The van der Waals surface area contributed by atoms with Crippen LogP contribution in [0, 0.1) is 3.70 Å². The predicted octanol–water partition coefficient (Wildman–Crippen LogP) is 0.787. The van der Waals surface area contributed by atoms with Crippen LogP contribution < -0.4 is 0 Å². The highest BCUT2D eigenvalue weighted by atomic mass is 127. The van der Waals surface area contributed by atoms with Gasteiger partial charge >= 0.3 is 0 Å². The molecule has 0 fully saturated rings. The second-order valence-electron chi connectivity index (χ2n) is 1.21. The van der Waals surface area contributed by atoms with Crippen molar-refractivity contribution >= 4 is 22.6 Å². The van der Waals surface area contributed by atoms with Gasteiger partial charge in [-0.05, 0) is 28.7 Å². The number of hydrogen-bond donors (Lipinski definition) is 1. The van der Waals surface area contributed by atoms with Crippen molar-refractivity contribution < 1.29 is 5.11 Å². The second kappa shape index (κ2) is 2.25. The molecule has 0 saturated carbocycles. The lowest BCUT2D eigenvalue weighted by molar-refractivity contribution is 0.444. The van der Waals surface area contributed by atoms with Crippen LogP contribution in [0.1, 0.15) is 0 Å². The van der Waals surface area contributed by atoms with Gasteiger partial charge in [0.05, 0.1) is 0 Å². The molecule has 0 atom stereocenters. The van der Waals surface area contributed by atoms with E-state index in [1.54, 1.807) is 6.07 Å². The maximum absolute atomic E-state index is 8.58. The topological polar surface area (TPSA) is 46.0 Å². The van der Waals surface area contributed by atoms with Crippen molar-refractivity contribution in [3.8, 4) is 5.88 Å². The van der Waals surface area contributed by atoms with Gasteiger partial charge in [0, 0.05) is 6.07 Å². The molecule has 0 bridgehead atoms. The van der Waals surface area contributed by atoms with Crippen molar-refractivity contribution in [2.24, 2.45) is 0 Å². The summed E-state index contributed by atoms with van der Waals surface area (Å²) in [5, 5.41) is 15.5. The lowest BCUT2D eigenvalue weighted by Crippen LogP contribution is -1.82. The molecule has 0 aliphatic carbocycles. The van der Waals surface area contributed by atoms with Crippen molar-refractivity contribution in [3.63, 3.8) is 0 Å². The molecule has 0 unspecified atom stereocenters. The first-order valence-electron chi connectivity index (χ1n) is 1.97. The van der Waals surface area contributed by atoms with Crippen LogP contribution in [0.15, 0.2) is 12.1 Å². The fourth-order valence-electron chi connectivity index (χ4n) is 0.309. The molecule has 8 heavy (non-hydrogen) atoms. The minimum atomic E-state index is -0.0367. The Hall–Kier alpha value is -0.390. The van der Waals surface area contributed by atoms with Crippen molar-refractivity contribution in [1.82, 2.24) is 10.2 Å². The maximum atomic E-state index is 8.58. The Kier molecular flexibility index (Phi) is 1.62. The normalized spacial score (nSPS) is 9.12. The Morgan fingerprint density at radius 2 is 2.12 bits per heavy atom. The van der Waals surface area contributed by atoms with Crippen LogP contribution in [0.25, 0.3) is 0 Å². The molecule has 4 heteroatoms. The molecule has 1 N–H and O–H groups in total. The number of aromatic nitrogens is 2. The van der Waals surface area contributed by atoms with Crippen LogP contribution in [0.4, 0.5) is 0 Å². The van der Waals surface area contributed by atoms with Crippen molar-refractivity contribution in [2.75, 3.05) is 0 Å². The quantitative estimate of drug-likeness (QED) is 0.660. The summed E-state index contributed by atoms with van der Waals surface area (Å²) in [6.45, 7) is 0. The van der Waals surface area contributed by atoms with Crippen molar-refractivity contribution in [1.29, 1.82) is 0 Å². The summed E-state index contributed by atoms with van der Waals surface area (Å²) in [6.07, 6.45) is 0. The van der Waals surface area contributed by atoms with Crippen LogP contribution in [-0.2, 0) is 0 Å². The third-order valence-electron chi connectivity index (χ3n) is 0.618. The number of rotatable bonds is 0. The van der Waals surface area contributed by atoms with E-state index >= 15 is 0 Å². The van der Waals surface area contributed by atoms with Gasteiger partial charge in [-0.15, -0.1) is 10.2 Å². The average Bonchev–Trinajstić information content (AvgIpc) is 1.77. The molecule has 3 nitrogen and oxygen atoms in total. The van der Waals surface area contributed by atoms with E-state index in [0.717, 1.165) is 3.70 Å². The van der Waals surface area contributed by atoms with Gasteiger partial charge in [-0.25, -0.2) is 0 Å². The number of halogens is 1. The molecule has 1 rings (SSSR count). The standard InChI is InChI=1S/C4H3IN2O/c5-3-1-2-4(8)7-6-3/h1-2H,(H,7,8). The molecule has 0 aromatic carbocycles. The molecular weight excluding hydrogens is 219 g/mol. The van der Waals surface area contributed by atoms with E-state index in [-0.39, 0.29) is 5.88 Å². The number of nitrogens with zero attached hydrogens (tertiary/aromatic N) is 2. The zero-order valence-electron chi connectivity index (χ0n) is 3.87. The first-order chi connectivity index (χ1) is 3.79. The van der Waals surface area contributed by atoms with E-state index in [1.807, 2.05) is 22.6 Å². The first-order valence-corrected chi connectivity index (χ1v) is 3.05. The van der Waals surface area contributed by atoms with E-state index in [1.165, 1.54) is 6.07 Å². The van der Waals surface area contributed by atoms with Crippen LogP contribution in [0.2, 0.25) is 0 Å².